The topological polar surface area (TPSA) is 162 Å². The van der Waals surface area contributed by atoms with E-state index in [1.165, 1.54) is 0 Å². The van der Waals surface area contributed by atoms with Gasteiger partial charge in [-0.1, -0.05) is 24.3 Å². The second-order valence-corrected chi connectivity index (χ2v) is 5.79. The number of aromatic hydroxyl groups is 1. The number of phenols is 1. The number of nitrogens with zero attached hydrogens (tertiary/aromatic N) is 3. The van der Waals surface area contributed by atoms with Crippen molar-refractivity contribution < 1.29 is 19.9 Å². The van der Waals surface area contributed by atoms with Crippen molar-refractivity contribution in [3.63, 3.8) is 0 Å². The molecule has 28 heavy (non-hydrogen) atoms. The normalized spacial score (nSPS) is 17.7. The first kappa shape index (κ1) is 22.4. The highest BCUT2D eigenvalue weighted by molar-refractivity contribution is 5.64. The molecule has 1 aliphatic rings. The molecular weight excluding hydrogens is 372 g/mol. The first-order valence-corrected chi connectivity index (χ1v) is 8.15. The third-order valence-corrected chi connectivity index (χ3v) is 3.77. The number of phenolic OH excluding ortho intramolecular Hbond substituents is 1. The Labute approximate surface area is 160 Å². The summed E-state index contributed by atoms with van der Waals surface area (Å²) in [6.07, 6.45) is 11.6. The molecular formula is C17H20N4O7. The van der Waals surface area contributed by atoms with E-state index in [1.807, 2.05) is 12.2 Å². The van der Waals surface area contributed by atoms with Crippen LogP contribution in [0.3, 0.4) is 0 Å². The van der Waals surface area contributed by atoms with E-state index in [1.54, 1.807) is 0 Å². The summed E-state index contributed by atoms with van der Waals surface area (Å²) in [7, 11) is 0. The van der Waals surface area contributed by atoms with Gasteiger partial charge in [-0.2, -0.15) is 0 Å². The Morgan fingerprint density at radius 1 is 1.04 bits per heavy atom. The predicted molar refractivity (Wildman–Crippen MR) is 102 cm³/mol. The summed E-state index contributed by atoms with van der Waals surface area (Å²) in [4.78, 5) is 27.8. The Morgan fingerprint density at radius 3 is 2.00 bits per heavy atom. The molecule has 0 spiro atoms. The second kappa shape index (κ2) is 10.5. The number of nitro groups is 3. The molecule has 2 atom stereocenters. The van der Waals surface area contributed by atoms with Gasteiger partial charge >= 0.3 is 11.4 Å². The van der Waals surface area contributed by atoms with Gasteiger partial charge in [0.1, 0.15) is 0 Å². The monoisotopic (exact) mass is 392 g/mol. The predicted octanol–water partition coefficient (Wildman–Crippen LogP) is 3.54. The van der Waals surface area contributed by atoms with E-state index in [9.17, 15) is 30.3 Å². The zero-order valence-corrected chi connectivity index (χ0v) is 14.9. The van der Waals surface area contributed by atoms with Gasteiger partial charge in [0.25, 0.3) is 11.4 Å². The lowest BCUT2D eigenvalue weighted by Crippen LogP contribution is -2.38. The van der Waals surface area contributed by atoms with Crippen LogP contribution < -0.4 is 5.32 Å². The maximum atomic E-state index is 10.4. The van der Waals surface area contributed by atoms with Gasteiger partial charge in [0.05, 0.1) is 26.9 Å². The number of nitrogens with one attached hydrogen (secondary N) is 1. The molecule has 1 heterocycles. The van der Waals surface area contributed by atoms with Crippen LogP contribution in [-0.4, -0.2) is 32.0 Å². The van der Waals surface area contributed by atoms with Crippen molar-refractivity contribution >= 4 is 17.1 Å². The average molecular weight is 392 g/mol. The molecule has 150 valence electrons. The molecule has 0 aliphatic carbocycles. The molecule has 0 radical (unpaired) electrons. The highest BCUT2D eigenvalue weighted by atomic mass is 16.6. The van der Waals surface area contributed by atoms with E-state index in [0.29, 0.717) is 24.2 Å². The van der Waals surface area contributed by atoms with Crippen LogP contribution >= 0.6 is 0 Å². The van der Waals surface area contributed by atoms with Crippen LogP contribution in [0.25, 0.3) is 0 Å². The molecule has 0 aromatic heterocycles. The fourth-order valence-electron chi connectivity index (χ4n) is 2.50. The zero-order valence-electron chi connectivity index (χ0n) is 14.9. The van der Waals surface area contributed by atoms with Crippen molar-refractivity contribution in [3.05, 3.63) is 79.9 Å². The lowest BCUT2D eigenvalue weighted by molar-refractivity contribution is -0.404. The van der Waals surface area contributed by atoms with Gasteiger partial charge in [0.2, 0.25) is 0 Å². The molecule has 0 saturated heterocycles. The van der Waals surface area contributed by atoms with Gasteiger partial charge in [-0.15, -0.1) is 13.2 Å². The number of nitro benzene ring substituents is 3. The van der Waals surface area contributed by atoms with Crippen molar-refractivity contribution in [1.82, 2.24) is 5.32 Å². The molecule has 2 N–H and O–H groups in total. The summed E-state index contributed by atoms with van der Waals surface area (Å²) < 4.78 is 0. The molecule has 1 aliphatic heterocycles. The number of benzene rings is 1. The summed E-state index contributed by atoms with van der Waals surface area (Å²) in [6.45, 7) is 7.47. The van der Waals surface area contributed by atoms with Crippen molar-refractivity contribution in [2.45, 2.75) is 31.3 Å². The smallest absolute Gasteiger partial charge is 0.324 e. The fourth-order valence-corrected chi connectivity index (χ4v) is 2.50. The number of rotatable bonds is 7. The standard InChI is InChI=1S/C11H17N.C6H3N3O7/c1-3-6-10-8-5-9-11(12-10)7-4-2;10-6-4(8(13)14)1-3(7(11)12)2-5(6)9(15)16/h3-5,8,10-12H,1-2,6-7,9H2;1-2,10H. The molecule has 0 saturated carbocycles. The summed E-state index contributed by atoms with van der Waals surface area (Å²) >= 11 is 0. The number of hydrogen-bond donors (Lipinski definition) is 2. The Balaban J connectivity index is 0.000000292. The van der Waals surface area contributed by atoms with Crippen LogP contribution in [0.1, 0.15) is 19.3 Å². The van der Waals surface area contributed by atoms with Gasteiger partial charge < -0.3 is 10.4 Å². The quantitative estimate of drug-likeness (QED) is 0.404. The Kier molecular flexibility index (Phi) is 8.44. The van der Waals surface area contributed by atoms with Crippen LogP contribution in [0.4, 0.5) is 17.1 Å². The molecule has 0 bridgehead atoms. The van der Waals surface area contributed by atoms with Crippen LogP contribution in [0.2, 0.25) is 0 Å². The molecule has 0 amide bonds. The number of non-ortho nitro benzene ring substituents is 1. The lowest BCUT2D eigenvalue weighted by atomic mass is 10.0. The molecule has 0 fully saturated rings. The molecule has 11 heteroatoms. The fraction of sp³-hybridized carbons (Fsp3) is 0.294. The van der Waals surface area contributed by atoms with Crippen LogP contribution in [-0.2, 0) is 0 Å². The second-order valence-electron chi connectivity index (χ2n) is 5.79. The molecule has 2 unspecified atom stereocenters. The van der Waals surface area contributed by atoms with Crippen molar-refractivity contribution in [1.29, 1.82) is 0 Å². The summed E-state index contributed by atoms with van der Waals surface area (Å²) in [5.41, 5.74) is -3.00. The maximum Gasteiger partial charge on any atom is 0.324 e. The first-order chi connectivity index (χ1) is 13.2. The minimum absolute atomic E-state index is 0.447. The van der Waals surface area contributed by atoms with Gasteiger partial charge in [-0.3, -0.25) is 30.3 Å². The lowest BCUT2D eigenvalue weighted by Gasteiger charge is -2.25. The van der Waals surface area contributed by atoms with E-state index >= 15 is 0 Å². The Bertz CT molecular complexity index is 772. The van der Waals surface area contributed by atoms with E-state index in [-0.39, 0.29) is 0 Å². The Morgan fingerprint density at radius 2 is 1.57 bits per heavy atom. The highest BCUT2D eigenvalue weighted by Crippen LogP contribution is 2.38. The molecule has 2 rings (SSSR count). The van der Waals surface area contributed by atoms with Crippen LogP contribution in [0.15, 0.2) is 49.6 Å². The van der Waals surface area contributed by atoms with Gasteiger partial charge in [-0.05, 0) is 19.3 Å². The summed E-state index contributed by atoms with van der Waals surface area (Å²) in [5.74, 6) is -1.21. The average Bonchev–Trinajstić information content (AvgIpc) is 2.62. The number of hydrogen-bond acceptors (Lipinski definition) is 8. The third-order valence-electron chi connectivity index (χ3n) is 3.77. The SMILES string of the molecule is C=CCC1C=CCC(CC=C)N1.O=[N+]([O-])c1cc([N+](=O)[O-])c(O)c([N+](=O)[O-])c1. The Hall–Kier alpha value is -3.60. The third kappa shape index (κ3) is 6.29. The van der Waals surface area contributed by atoms with Crippen molar-refractivity contribution in [2.75, 3.05) is 0 Å². The highest BCUT2D eigenvalue weighted by Gasteiger charge is 2.30. The molecule has 11 nitrogen and oxygen atoms in total. The minimum atomic E-state index is -1.21. The molecule has 1 aromatic carbocycles. The van der Waals surface area contributed by atoms with Gasteiger partial charge in [0.15, 0.2) is 0 Å². The van der Waals surface area contributed by atoms with E-state index in [4.69, 9.17) is 5.11 Å². The van der Waals surface area contributed by atoms with Crippen molar-refractivity contribution in [3.8, 4) is 5.75 Å². The largest absolute Gasteiger partial charge is 0.497 e. The van der Waals surface area contributed by atoms with Crippen LogP contribution in [0.5, 0.6) is 5.75 Å². The molecule has 1 aromatic rings. The summed E-state index contributed by atoms with van der Waals surface area (Å²) in [5, 5.41) is 43.7. The van der Waals surface area contributed by atoms with Gasteiger partial charge in [0, 0.05) is 12.1 Å². The maximum absolute atomic E-state index is 10.4. The van der Waals surface area contributed by atoms with E-state index < -0.39 is 37.6 Å². The van der Waals surface area contributed by atoms with Crippen LogP contribution in [0, 0.1) is 30.3 Å². The van der Waals surface area contributed by atoms with Crippen molar-refractivity contribution in [2.24, 2.45) is 0 Å². The van der Waals surface area contributed by atoms with E-state index in [0.717, 1.165) is 19.3 Å². The van der Waals surface area contributed by atoms with E-state index in [2.05, 4.69) is 30.6 Å². The zero-order chi connectivity index (χ0) is 21.3. The minimum Gasteiger partial charge on any atom is -0.497 e. The summed E-state index contributed by atoms with van der Waals surface area (Å²) in [6, 6.07) is 1.96. The van der Waals surface area contributed by atoms with Gasteiger partial charge in [-0.25, -0.2) is 0 Å². The first-order valence-electron chi connectivity index (χ1n) is 8.15.